The van der Waals surface area contributed by atoms with Gasteiger partial charge in [-0.15, -0.1) is 0 Å². The number of nitrogens with one attached hydrogen (secondary N) is 5. The standard InChI is InChI=1S/C14H24N6O9/c15-1-9(23)16-2-10(24)19-7(5-21)13(28)17-3-11(25)20-8(6-22)14(29)18-4-12(26)27/h7-8,21-22H,1-6,15H2,(H,16,23)(H,17,28)(H,18,29)(H,19,24)(H,20,25)(H,26,27)/t7-,8-/m0/s1. The first kappa shape index (κ1) is 25.7. The van der Waals surface area contributed by atoms with E-state index in [1.165, 1.54) is 0 Å². The Bertz CT molecular complexity index is 627. The van der Waals surface area contributed by atoms with E-state index in [2.05, 4.69) is 21.3 Å². The Hall–Kier alpha value is -3.30. The van der Waals surface area contributed by atoms with Crippen molar-refractivity contribution in [1.29, 1.82) is 0 Å². The van der Waals surface area contributed by atoms with Crippen molar-refractivity contribution in [3.05, 3.63) is 0 Å². The van der Waals surface area contributed by atoms with Crippen LogP contribution in [0.25, 0.3) is 0 Å². The predicted molar refractivity (Wildman–Crippen MR) is 93.8 cm³/mol. The van der Waals surface area contributed by atoms with E-state index < -0.39 is 80.4 Å². The molecule has 0 aromatic heterocycles. The summed E-state index contributed by atoms with van der Waals surface area (Å²) in [5.41, 5.74) is 5.04. The second-order valence-corrected chi connectivity index (χ2v) is 5.42. The van der Waals surface area contributed by atoms with Crippen LogP contribution >= 0.6 is 0 Å². The molecule has 0 heterocycles. The molecule has 0 unspecified atom stereocenters. The monoisotopic (exact) mass is 420 g/mol. The van der Waals surface area contributed by atoms with Crippen molar-refractivity contribution in [2.24, 2.45) is 5.73 Å². The fraction of sp³-hybridized carbons (Fsp3) is 0.571. The quantitative estimate of drug-likeness (QED) is 0.136. The van der Waals surface area contributed by atoms with E-state index in [9.17, 15) is 33.9 Å². The molecule has 0 spiro atoms. The number of nitrogens with two attached hydrogens (primary N) is 1. The van der Waals surface area contributed by atoms with E-state index in [4.69, 9.17) is 15.9 Å². The molecule has 0 aliphatic carbocycles. The number of aliphatic carboxylic acids is 1. The lowest BCUT2D eigenvalue weighted by Gasteiger charge is -2.18. The van der Waals surface area contributed by atoms with Crippen LogP contribution in [0.15, 0.2) is 0 Å². The SMILES string of the molecule is NCC(=O)NCC(=O)N[C@@H](CO)C(=O)NCC(=O)N[C@@H](CO)C(=O)NCC(=O)O. The van der Waals surface area contributed by atoms with Crippen molar-refractivity contribution in [1.82, 2.24) is 26.6 Å². The molecule has 29 heavy (non-hydrogen) atoms. The Morgan fingerprint density at radius 2 is 1.10 bits per heavy atom. The van der Waals surface area contributed by atoms with E-state index in [0.29, 0.717) is 0 Å². The van der Waals surface area contributed by atoms with E-state index in [-0.39, 0.29) is 6.54 Å². The van der Waals surface area contributed by atoms with Gasteiger partial charge >= 0.3 is 5.97 Å². The summed E-state index contributed by atoms with van der Waals surface area (Å²) >= 11 is 0. The lowest BCUT2D eigenvalue weighted by atomic mass is 10.2. The van der Waals surface area contributed by atoms with Gasteiger partial charge in [-0.2, -0.15) is 0 Å². The summed E-state index contributed by atoms with van der Waals surface area (Å²) in [4.78, 5) is 68.2. The molecule has 5 amide bonds. The molecule has 0 aromatic carbocycles. The molecule has 10 N–H and O–H groups in total. The van der Waals surface area contributed by atoms with Crippen LogP contribution in [0.2, 0.25) is 0 Å². The third kappa shape index (κ3) is 11.2. The van der Waals surface area contributed by atoms with Crippen molar-refractivity contribution in [2.75, 3.05) is 39.4 Å². The molecule has 0 rings (SSSR count). The highest BCUT2D eigenvalue weighted by atomic mass is 16.4. The molecular weight excluding hydrogens is 396 g/mol. The fourth-order valence-corrected chi connectivity index (χ4v) is 1.71. The Morgan fingerprint density at radius 1 is 0.690 bits per heavy atom. The van der Waals surface area contributed by atoms with Gasteiger partial charge in [-0.3, -0.25) is 28.8 Å². The number of carbonyl (C=O) groups excluding carboxylic acids is 5. The molecule has 0 fully saturated rings. The van der Waals surface area contributed by atoms with Crippen LogP contribution < -0.4 is 32.3 Å². The summed E-state index contributed by atoms with van der Waals surface area (Å²) in [6.07, 6.45) is 0. The molecule has 0 radical (unpaired) electrons. The molecule has 0 saturated heterocycles. The van der Waals surface area contributed by atoms with Crippen LogP contribution in [-0.4, -0.2) is 102 Å². The van der Waals surface area contributed by atoms with Crippen LogP contribution in [0, 0.1) is 0 Å². The van der Waals surface area contributed by atoms with Crippen LogP contribution in [-0.2, 0) is 28.8 Å². The molecule has 0 aliphatic rings. The summed E-state index contributed by atoms with van der Waals surface area (Å²) in [5.74, 6) is -5.51. The maximum absolute atomic E-state index is 11.9. The van der Waals surface area contributed by atoms with Crippen LogP contribution in [0.4, 0.5) is 0 Å². The van der Waals surface area contributed by atoms with E-state index >= 15 is 0 Å². The average molecular weight is 420 g/mol. The maximum atomic E-state index is 11.9. The average Bonchev–Trinajstić information content (AvgIpc) is 2.70. The molecule has 0 aliphatic heterocycles. The van der Waals surface area contributed by atoms with Gasteiger partial charge in [0.05, 0.1) is 32.8 Å². The van der Waals surface area contributed by atoms with Gasteiger partial charge < -0.3 is 47.6 Å². The van der Waals surface area contributed by atoms with E-state index in [0.717, 1.165) is 0 Å². The molecular formula is C14H24N6O9. The summed E-state index contributed by atoms with van der Waals surface area (Å²) in [6.45, 7) is -3.83. The summed E-state index contributed by atoms with van der Waals surface area (Å²) < 4.78 is 0. The normalized spacial score (nSPS) is 12.1. The Balaban J connectivity index is 4.47. The van der Waals surface area contributed by atoms with Crippen LogP contribution in [0.3, 0.4) is 0 Å². The number of aliphatic hydroxyl groups excluding tert-OH is 2. The first-order valence-corrected chi connectivity index (χ1v) is 8.19. The number of carboxylic acid groups (broad SMARTS) is 1. The van der Waals surface area contributed by atoms with Crippen molar-refractivity contribution in [3.63, 3.8) is 0 Å². The van der Waals surface area contributed by atoms with Gasteiger partial charge in [0, 0.05) is 0 Å². The van der Waals surface area contributed by atoms with Gasteiger partial charge in [0.25, 0.3) is 0 Å². The zero-order chi connectivity index (χ0) is 22.4. The summed E-state index contributed by atoms with van der Waals surface area (Å²) in [6, 6.07) is -2.86. The fourth-order valence-electron chi connectivity index (χ4n) is 1.71. The molecule has 2 atom stereocenters. The minimum Gasteiger partial charge on any atom is -0.480 e. The second-order valence-electron chi connectivity index (χ2n) is 5.42. The molecule has 15 heteroatoms. The summed E-state index contributed by atoms with van der Waals surface area (Å²) in [7, 11) is 0. The maximum Gasteiger partial charge on any atom is 0.322 e. The van der Waals surface area contributed by atoms with Gasteiger partial charge in [0.2, 0.25) is 29.5 Å². The lowest BCUT2D eigenvalue weighted by molar-refractivity contribution is -0.138. The van der Waals surface area contributed by atoms with Crippen LogP contribution in [0.5, 0.6) is 0 Å². The van der Waals surface area contributed by atoms with Gasteiger partial charge in [-0.1, -0.05) is 0 Å². The zero-order valence-electron chi connectivity index (χ0n) is 15.3. The van der Waals surface area contributed by atoms with Gasteiger partial charge in [0.15, 0.2) is 0 Å². The van der Waals surface area contributed by atoms with Gasteiger partial charge in [-0.05, 0) is 0 Å². The molecule has 0 aromatic rings. The highest BCUT2D eigenvalue weighted by molar-refractivity contribution is 5.93. The topological polar surface area (TPSA) is 249 Å². The molecule has 164 valence electrons. The van der Waals surface area contributed by atoms with Crippen molar-refractivity contribution >= 4 is 35.5 Å². The largest absolute Gasteiger partial charge is 0.480 e. The first-order chi connectivity index (χ1) is 13.6. The third-order valence-corrected chi connectivity index (χ3v) is 3.14. The zero-order valence-corrected chi connectivity index (χ0v) is 15.3. The van der Waals surface area contributed by atoms with E-state index in [1.54, 1.807) is 0 Å². The number of hydrogen-bond donors (Lipinski definition) is 9. The van der Waals surface area contributed by atoms with Crippen molar-refractivity contribution in [3.8, 4) is 0 Å². The van der Waals surface area contributed by atoms with Crippen molar-refractivity contribution < 1.29 is 44.1 Å². The second kappa shape index (κ2) is 13.8. The highest BCUT2D eigenvalue weighted by Crippen LogP contribution is 1.86. The number of carboxylic acids is 1. The number of aliphatic hydroxyl groups is 2. The Kier molecular flexibility index (Phi) is 12.2. The smallest absolute Gasteiger partial charge is 0.322 e. The molecule has 0 saturated carbocycles. The number of amides is 5. The number of carbonyl (C=O) groups is 6. The first-order valence-electron chi connectivity index (χ1n) is 8.19. The number of hydrogen-bond acceptors (Lipinski definition) is 9. The third-order valence-electron chi connectivity index (χ3n) is 3.14. The highest BCUT2D eigenvalue weighted by Gasteiger charge is 2.23. The minimum atomic E-state index is -1.45. The number of rotatable bonds is 13. The van der Waals surface area contributed by atoms with Gasteiger partial charge in [-0.25, -0.2) is 0 Å². The van der Waals surface area contributed by atoms with E-state index in [1.807, 2.05) is 5.32 Å². The Labute approximate surface area is 164 Å². The molecule has 15 nitrogen and oxygen atoms in total. The molecule has 0 bridgehead atoms. The minimum absolute atomic E-state index is 0.338. The Morgan fingerprint density at radius 3 is 1.48 bits per heavy atom. The summed E-state index contributed by atoms with van der Waals surface area (Å²) in [5, 5.41) is 37.1. The lowest BCUT2D eigenvalue weighted by Crippen LogP contribution is -2.55. The van der Waals surface area contributed by atoms with Crippen LogP contribution in [0.1, 0.15) is 0 Å². The van der Waals surface area contributed by atoms with Gasteiger partial charge in [0.1, 0.15) is 18.6 Å². The predicted octanol–water partition coefficient (Wildman–Crippen LogP) is -6.67. The van der Waals surface area contributed by atoms with Crippen molar-refractivity contribution in [2.45, 2.75) is 12.1 Å².